The second-order valence-electron chi connectivity index (χ2n) is 7.86. The number of carbonyl (C=O) groups excluding carboxylic acids is 2. The van der Waals surface area contributed by atoms with Crippen molar-refractivity contribution in [2.24, 2.45) is 11.3 Å². The van der Waals surface area contributed by atoms with Gasteiger partial charge in [-0.3, -0.25) is 9.59 Å². The predicted molar refractivity (Wildman–Crippen MR) is 86.1 cm³/mol. The Balaban J connectivity index is 2.45. The van der Waals surface area contributed by atoms with Crippen LogP contribution in [0.4, 0.5) is 0 Å². The van der Waals surface area contributed by atoms with Crippen molar-refractivity contribution in [1.82, 2.24) is 10.2 Å². The highest BCUT2D eigenvalue weighted by Crippen LogP contribution is 2.30. The molecule has 1 fully saturated rings. The number of nitrogens with zero attached hydrogens (tertiary/aromatic N) is 1. The first-order chi connectivity index (χ1) is 9.57. The normalized spacial score (nSPS) is 17.9. The summed E-state index contributed by atoms with van der Waals surface area (Å²) in [6.45, 7) is 14.1. The zero-order valence-corrected chi connectivity index (χ0v) is 14.6. The Labute approximate surface area is 129 Å². The number of amides is 1. The molecule has 0 radical (unpaired) electrons. The number of nitrogens with one attached hydrogen (secondary N) is 1. The summed E-state index contributed by atoms with van der Waals surface area (Å²) in [5, 5.41) is 3.23. The molecule has 4 nitrogen and oxygen atoms in total. The number of ketones is 1. The lowest BCUT2D eigenvalue weighted by Crippen LogP contribution is -2.48. The van der Waals surface area contributed by atoms with Gasteiger partial charge in [0.15, 0.2) is 0 Å². The van der Waals surface area contributed by atoms with Crippen LogP contribution in [-0.2, 0) is 9.59 Å². The molecule has 0 aromatic rings. The average molecular weight is 296 g/mol. The van der Waals surface area contributed by atoms with Gasteiger partial charge in [0.25, 0.3) is 0 Å². The molecule has 0 aromatic carbocycles. The first-order valence-electron chi connectivity index (χ1n) is 8.14. The molecule has 0 atom stereocenters. The summed E-state index contributed by atoms with van der Waals surface area (Å²) < 4.78 is 0. The Morgan fingerprint density at radius 1 is 1.10 bits per heavy atom. The lowest BCUT2D eigenvalue weighted by atomic mass is 9.76. The molecule has 1 heterocycles. The van der Waals surface area contributed by atoms with E-state index in [-0.39, 0.29) is 22.8 Å². The standard InChI is InChI=1S/C17H32N2O2/c1-7-17(5,6)15(21)13-8-10-19(11-9-13)14(20)12-18-16(2,3)4/h13,18H,7-12H2,1-6H3. The van der Waals surface area contributed by atoms with Crippen LogP contribution in [0, 0.1) is 11.3 Å². The van der Waals surface area contributed by atoms with E-state index >= 15 is 0 Å². The van der Waals surface area contributed by atoms with Crippen LogP contribution in [0.1, 0.15) is 60.8 Å². The van der Waals surface area contributed by atoms with Gasteiger partial charge in [0, 0.05) is 30.0 Å². The minimum atomic E-state index is -0.232. The molecule has 0 saturated carbocycles. The predicted octanol–water partition coefficient (Wildman–Crippen LogP) is 2.62. The SMILES string of the molecule is CCC(C)(C)C(=O)C1CCN(C(=O)CNC(C)(C)C)CC1. The number of likely N-dealkylation sites (tertiary alicyclic amines) is 1. The maximum Gasteiger partial charge on any atom is 0.236 e. The topological polar surface area (TPSA) is 49.4 Å². The largest absolute Gasteiger partial charge is 0.342 e. The number of Topliss-reactive ketones (excluding diaryl/α,β-unsaturated/α-hetero) is 1. The highest BCUT2D eigenvalue weighted by atomic mass is 16.2. The molecule has 0 bridgehead atoms. The van der Waals surface area contributed by atoms with E-state index in [1.807, 2.05) is 18.7 Å². The molecule has 1 rings (SSSR count). The molecule has 21 heavy (non-hydrogen) atoms. The van der Waals surface area contributed by atoms with Gasteiger partial charge in [-0.2, -0.15) is 0 Å². The minimum Gasteiger partial charge on any atom is -0.342 e. The second kappa shape index (κ2) is 6.91. The van der Waals surface area contributed by atoms with Gasteiger partial charge < -0.3 is 10.2 Å². The molecule has 1 N–H and O–H groups in total. The monoisotopic (exact) mass is 296 g/mol. The van der Waals surface area contributed by atoms with Crippen molar-refractivity contribution in [3.8, 4) is 0 Å². The number of hydrogen-bond donors (Lipinski definition) is 1. The summed E-state index contributed by atoms with van der Waals surface area (Å²) >= 11 is 0. The maximum atomic E-state index is 12.5. The van der Waals surface area contributed by atoms with Crippen LogP contribution in [0.5, 0.6) is 0 Å². The third kappa shape index (κ3) is 5.42. The van der Waals surface area contributed by atoms with Crippen molar-refractivity contribution < 1.29 is 9.59 Å². The maximum absolute atomic E-state index is 12.5. The van der Waals surface area contributed by atoms with Gasteiger partial charge in [-0.25, -0.2) is 0 Å². The van der Waals surface area contributed by atoms with Gasteiger partial charge >= 0.3 is 0 Å². The number of carbonyl (C=O) groups is 2. The van der Waals surface area contributed by atoms with Crippen LogP contribution in [0.25, 0.3) is 0 Å². The quantitative estimate of drug-likeness (QED) is 0.848. The molecular weight excluding hydrogens is 264 g/mol. The van der Waals surface area contributed by atoms with Crippen molar-refractivity contribution in [2.75, 3.05) is 19.6 Å². The number of rotatable bonds is 5. The van der Waals surface area contributed by atoms with Crippen molar-refractivity contribution in [3.05, 3.63) is 0 Å². The molecule has 0 spiro atoms. The van der Waals surface area contributed by atoms with E-state index in [9.17, 15) is 9.59 Å². The summed E-state index contributed by atoms with van der Waals surface area (Å²) in [5.41, 5.74) is -0.278. The lowest BCUT2D eigenvalue weighted by molar-refractivity contribution is -0.137. The summed E-state index contributed by atoms with van der Waals surface area (Å²) in [6.07, 6.45) is 2.49. The van der Waals surface area contributed by atoms with Gasteiger partial charge in [-0.05, 0) is 40.0 Å². The Morgan fingerprint density at radius 2 is 1.62 bits per heavy atom. The zero-order valence-electron chi connectivity index (χ0n) is 14.6. The van der Waals surface area contributed by atoms with Gasteiger partial charge in [0.05, 0.1) is 6.54 Å². The van der Waals surface area contributed by atoms with Crippen molar-refractivity contribution >= 4 is 11.7 Å². The fourth-order valence-corrected chi connectivity index (χ4v) is 2.57. The summed E-state index contributed by atoms with van der Waals surface area (Å²) in [5.74, 6) is 0.634. The van der Waals surface area contributed by atoms with Gasteiger partial charge in [-0.1, -0.05) is 20.8 Å². The highest BCUT2D eigenvalue weighted by molar-refractivity contribution is 5.86. The molecular formula is C17H32N2O2. The number of piperidine rings is 1. The minimum absolute atomic E-state index is 0.0465. The van der Waals surface area contributed by atoms with Crippen LogP contribution in [0.3, 0.4) is 0 Å². The average Bonchev–Trinajstić information content (AvgIpc) is 2.43. The van der Waals surface area contributed by atoms with Gasteiger partial charge in [0.1, 0.15) is 5.78 Å². The summed E-state index contributed by atoms with van der Waals surface area (Å²) in [7, 11) is 0. The smallest absolute Gasteiger partial charge is 0.236 e. The van der Waals surface area contributed by atoms with E-state index in [0.29, 0.717) is 25.4 Å². The first kappa shape index (κ1) is 18.1. The number of hydrogen-bond acceptors (Lipinski definition) is 3. The molecule has 1 aliphatic heterocycles. The van der Waals surface area contributed by atoms with E-state index < -0.39 is 0 Å². The van der Waals surface area contributed by atoms with Crippen LogP contribution >= 0.6 is 0 Å². The van der Waals surface area contributed by atoms with Gasteiger partial charge in [0.2, 0.25) is 5.91 Å². The van der Waals surface area contributed by atoms with Crippen molar-refractivity contribution in [3.63, 3.8) is 0 Å². The highest BCUT2D eigenvalue weighted by Gasteiger charge is 2.34. The van der Waals surface area contributed by atoms with Crippen LogP contribution in [0.15, 0.2) is 0 Å². The summed E-state index contributed by atoms with van der Waals surface area (Å²) in [6, 6.07) is 0. The van der Waals surface area contributed by atoms with Gasteiger partial charge in [-0.15, -0.1) is 0 Å². The second-order valence-corrected chi connectivity index (χ2v) is 7.86. The molecule has 1 aliphatic rings. The van der Waals surface area contributed by atoms with Crippen LogP contribution in [0.2, 0.25) is 0 Å². The van der Waals surface area contributed by atoms with Crippen LogP contribution in [-0.4, -0.2) is 41.8 Å². The third-order valence-electron chi connectivity index (χ3n) is 4.54. The molecule has 122 valence electrons. The van der Waals surface area contributed by atoms with E-state index in [1.54, 1.807) is 0 Å². The molecule has 0 unspecified atom stereocenters. The van der Waals surface area contributed by atoms with Crippen molar-refractivity contribution in [2.45, 2.75) is 66.3 Å². The van der Waals surface area contributed by atoms with E-state index in [0.717, 1.165) is 19.3 Å². The molecule has 0 aliphatic carbocycles. The molecule has 1 amide bonds. The fourth-order valence-electron chi connectivity index (χ4n) is 2.57. The van der Waals surface area contributed by atoms with E-state index in [4.69, 9.17) is 0 Å². The van der Waals surface area contributed by atoms with Crippen LogP contribution < -0.4 is 5.32 Å². The Bertz CT molecular complexity index is 375. The molecule has 4 heteroatoms. The van der Waals surface area contributed by atoms with E-state index in [1.165, 1.54) is 0 Å². The zero-order chi connectivity index (χ0) is 16.3. The fraction of sp³-hybridized carbons (Fsp3) is 0.882. The third-order valence-corrected chi connectivity index (χ3v) is 4.54. The Morgan fingerprint density at radius 3 is 2.05 bits per heavy atom. The lowest BCUT2D eigenvalue weighted by Gasteiger charge is -2.35. The van der Waals surface area contributed by atoms with E-state index in [2.05, 4.69) is 33.0 Å². The molecule has 0 aromatic heterocycles. The summed E-state index contributed by atoms with van der Waals surface area (Å²) in [4.78, 5) is 26.5. The first-order valence-corrected chi connectivity index (χ1v) is 8.14. The Hall–Kier alpha value is -0.900. The molecule has 1 saturated heterocycles. The Kier molecular flexibility index (Phi) is 5.97. The van der Waals surface area contributed by atoms with Crippen molar-refractivity contribution in [1.29, 1.82) is 0 Å².